The van der Waals surface area contributed by atoms with Crippen LogP contribution < -0.4 is 15.4 Å². The molecule has 2 N–H and O–H groups in total. The zero-order valence-corrected chi connectivity index (χ0v) is 11.8. The summed E-state index contributed by atoms with van der Waals surface area (Å²) in [6, 6.07) is 7.93. The fourth-order valence-corrected chi connectivity index (χ4v) is 2.51. The van der Waals surface area contributed by atoms with Crippen LogP contribution in [0, 0.1) is 0 Å². The molecule has 1 aromatic carbocycles. The van der Waals surface area contributed by atoms with Crippen molar-refractivity contribution in [3.63, 3.8) is 0 Å². The first-order valence-corrected chi connectivity index (χ1v) is 6.82. The molecule has 0 radical (unpaired) electrons. The molecule has 0 unspecified atom stereocenters. The molecule has 0 spiro atoms. The Bertz CT molecular complexity index is 605. The number of anilines is 3. The molecule has 1 aliphatic heterocycles. The molecule has 6 heteroatoms. The van der Waals surface area contributed by atoms with Crippen LogP contribution in [-0.2, 0) is 0 Å². The molecular formula is C13H13BrN4O. The Morgan fingerprint density at radius 3 is 3.05 bits per heavy atom. The van der Waals surface area contributed by atoms with E-state index < -0.39 is 0 Å². The molecule has 0 saturated heterocycles. The number of para-hydroxylation sites is 2. The van der Waals surface area contributed by atoms with Gasteiger partial charge in [0, 0.05) is 12.7 Å². The first-order valence-electron chi connectivity index (χ1n) is 6.03. The van der Waals surface area contributed by atoms with Crippen LogP contribution in [0.4, 0.5) is 17.5 Å². The highest BCUT2D eigenvalue weighted by atomic mass is 79.9. The molecule has 0 atom stereocenters. The minimum atomic E-state index is 0.265. The number of benzene rings is 1. The summed E-state index contributed by atoms with van der Waals surface area (Å²) in [6.07, 6.45) is 2.59. The molecular weight excluding hydrogens is 308 g/mol. The van der Waals surface area contributed by atoms with Crippen molar-refractivity contribution in [1.29, 1.82) is 0 Å². The van der Waals surface area contributed by atoms with Crippen molar-refractivity contribution in [2.75, 3.05) is 23.8 Å². The summed E-state index contributed by atoms with van der Waals surface area (Å²) >= 11 is 3.48. The van der Waals surface area contributed by atoms with Gasteiger partial charge in [0.15, 0.2) is 5.82 Å². The van der Waals surface area contributed by atoms with Crippen molar-refractivity contribution in [2.24, 2.45) is 0 Å². The fourth-order valence-electron chi connectivity index (χ4n) is 2.11. The minimum absolute atomic E-state index is 0.265. The van der Waals surface area contributed by atoms with E-state index in [1.54, 1.807) is 6.20 Å². The first kappa shape index (κ1) is 12.2. The molecule has 0 aliphatic carbocycles. The number of nitrogen functional groups attached to an aromatic ring is 1. The van der Waals surface area contributed by atoms with Crippen LogP contribution in [0.1, 0.15) is 6.42 Å². The number of nitrogens with two attached hydrogens (primary N) is 1. The summed E-state index contributed by atoms with van der Waals surface area (Å²) in [5.74, 6) is 1.90. The molecule has 1 aromatic heterocycles. The number of halogens is 1. The van der Waals surface area contributed by atoms with E-state index in [0.29, 0.717) is 6.61 Å². The van der Waals surface area contributed by atoms with Crippen LogP contribution in [0.2, 0.25) is 0 Å². The molecule has 2 heterocycles. The number of fused-ring (bicyclic) bond motifs is 1. The SMILES string of the molecule is Nc1ncc(Br)c(N2CCCOc3ccccc32)n1. The largest absolute Gasteiger partial charge is 0.491 e. The quantitative estimate of drug-likeness (QED) is 0.875. The molecule has 3 rings (SSSR count). The van der Waals surface area contributed by atoms with Crippen LogP contribution >= 0.6 is 15.9 Å². The Balaban J connectivity index is 2.11. The van der Waals surface area contributed by atoms with Crippen LogP contribution in [0.15, 0.2) is 34.9 Å². The maximum absolute atomic E-state index is 5.74. The van der Waals surface area contributed by atoms with Gasteiger partial charge in [-0.05, 0) is 34.5 Å². The van der Waals surface area contributed by atoms with E-state index in [1.165, 1.54) is 0 Å². The average Bonchev–Trinajstić information content (AvgIpc) is 2.64. The molecule has 19 heavy (non-hydrogen) atoms. The molecule has 5 nitrogen and oxygen atoms in total. The monoisotopic (exact) mass is 320 g/mol. The van der Waals surface area contributed by atoms with E-state index in [1.807, 2.05) is 24.3 Å². The summed E-state index contributed by atoms with van der Waals surface area (Å²) in [5.41, 5.74) is 6.69. The maximum Gasteiger partial charge on any atom is 0.222 e. The number of hydrogen-bond acceptors (Lipinski definition) is 5. The van der Waals surface area contributed by atoms with Crippen molar-refractivity contribution < 1.29 is 4.74 Å². The van der Waals surface area contributed by atoms with E-state index in [4.69, 9.17) is 10.5 Å². The summed E-state index contributed by atoms with van der Waals surface area (Å²) in [5, 5.41) is 0. The van der Waals surface area contributed by atoms with Crippen molar-refractivity contribution in [3.05, 3.63) is 34.9 Å². The second-order valence-corrected chi connectivity index (χ2v) is 5.08. The predicted octanol–water partition coefficient (Wildman–Crippen LogP) is 2.74. The lowest BCUT2D eigenvalue weighted by Crippen LogP contribution is -2.20. The number of rotatable bonds is 1. The smallest absolute Gasteiger partial charge is 0.222 e. The normalized spacial score (nSPS) is 14.5. The van der Waals surface area contributed by atoms with Crippen LogP contribution in [0.3, 0.4) is 0 Å². The summed E-state index contributed by atoms with van der Waals surface area (Å²) in [4.78, 5) is 10.4. The molecule has 0 fully saturated rings. The average molecular weight is 321 g/mol. The zero-order chi connectivity index (χ0) is 13.2. The van der Waals surface area contributed by atoms with Gasteiger partial charge in [-0.2, -0.15) is 4.98 Å². The van der Waals surface area contributed by atoms with Gasteiger partial charge in [0.05, 0.1) is 16.8 Å². The summed E-state index contributed by atoms with van der Waals surface area (Å²) < 4.78 is 6.56. The Morgan fingerprint density at radius 2 is 2.16 bits per heavy atom. The van der Waals surface area contributed by atoms with Crippen LogP contribution in [0.25, 0.3) is 0 Å². The molecule has 0 saturated carbocycles. The lowest BCUT2D eigenvalue weighted by Gasteiger charge is -2.23. The fraction of sp³-hybridized carbons (Fsp3) is 0.231. The van der Waals surface area contributed by atoms with Crippen LogP contribution in [-0.4, -0.2) is 23.1 Å². The Hall–Kier alpha value is -1.82. The second kappa shape index (κ2) is 5.05. The Labute approximate surface area is 119 Å². The highest BCUT2D eigenvalue weighted by Gasteiger charge is 2.20. The first-order chi connectivity index (χ1) is 9.25. The second-order valence-electron chi connectivity index (χ2n) is 4.22. The standard InChI is InChI=1S/C13H13BrN4O/c14-9-8-16-13(15)17-12(9)18-6-3-7-19-11-5-2-1-4-10(11)18/h1-2,4-5,8H,3,6-7H2,(H2,15,16,17). The summed E-state index contributed by atoms with van der Waals surface area (Å²) in [6.45, 7) is 1.53. The van der Waals surface area contributed by atoms with E-state index in [0.717, 1.165) is 34.7 Å². The molecule has 1 aliphatic rings. The topological polar surface area (TPSA) is 64.3 Å². The molecule has 0 amide bonds. The van der Waals surface area contributed by atoms with Gasteiger partial charge in [-0.3, -0.25) is 0 Å². The van der Waals surface area contributed by atoms with Gasteiger partial charge in [0.2, 0.25) is 5.95 Å². The van der Waals surface area contributed by atoms with Crippen molar-refractivity contribution in [3.8, 4) is 5.75 Å². The van der Waals surface area contributed by atoms with Gasteiger partial charge in [-0.1, -0.05) is 12.1 Å². The lowest BCUT2D eigenvalue weighted by molar-refractivity contribution is 0.322. The van der Waals surface area contributed by atoms with E-state index >= 15 is 0 Å². The number of hydrogen-bond donors (Lipinski definition) is 1. The highest BCUT2D eigenvalue weighted by molar-refractivity contribution is 9.10. The van der Waals surface area contributed by atoms with Crippen LogP contribution in [0.5, 0.6) is 5.75 Å². The number of aromatic nitrogens is 2. The lowest BCUT2D eigenvalue weighted by atomic mass is 10.2. The molecule has 0 bridgehead atoms. The zero-order valence-electron chi connectivity index (χ0n) is 10.2. The Kier molecular flexibility index (Phi) is 3.25. The highest BCUT2D eigenvalue weighted by Crippen LogP contribution is 2.37. The number of nitrogens with zero attached hydrogens (tertiary/aromatic N) is 3. The van der Waals surface area contributed by atoms with Crippen molar-refractivity contribution in [2.45, 2.75) is 6.42 Å². The van der Waals surface area contributed by atoms with Gasteiger partial charge in [-0.25, -0.2) is 4.98 Å². The van der Waals surface area contributed by atoms with E-state index in [9.17, 15) is 0 Å². The maximum atomic E-state index is 5.74. The third kappa shape index (κ3) is 2.35. The van der Waals surface area contributed by atoms with Crippen molar-refractivity contribution >= 4 is 33.4 Å². The predicted molar refractivity (Wildman–Crippen MR) is 77.7 cm³/mol. The number of ether oxygens (including phenoxy) is 1. The minimum Gasteiger partial charge on any atom is -0.491 e. The van der Waals surface area contributed by atoms with Gasteiger partial charge < -0.3 is 15.4 Å². The van der Waals surface area contributed by atoms with Crippen molar-refractivity contribution in [1.82, 2.24) is 9.97 Å². The van der Waals surface area contributed by atoms with Gasteiger partial charge in [0.25, 0.3) is 0 Å². The van der Waals surface area contributed by atoms with E-state index in [2.05, 4.69) is 30.8 Å². The summed E-state index contributed by atoms with van der Waals surface area (Å²) in [7, 11) is 0. The third-order valence-electron chi connectivity index (χ3n) is 2.94. The third-order valence-corrected chi connectivity index (χ3v) is 3.50. The van der Waals surface area contributed by atoms with Gasteiger partial charge in [-0.15, -0.1) is 0 Å². The van der Waals surface area contributed by atoms with Gasteiger partial charge in [0.1, 0.15) is 5.75 Å². The molecule has 98 valence electrons. The van der Waals surface area contributed by atoms with Gasteiger partial charge >= 0.3 is 0 Å². The molecule has 2 aromatic rings. The van der Waals surface area contributed by atoms with E-state index in [-0.39, 0.29) is 5.95 Å². The Morgan fingerprint density at radius 1 is 1.32 bits per heavy atom.